The SMILES string of the molecule is COc1cc2c(c(C)c1C1(CN)CC1)CCCC2. The first-order valence-corrected chi connectivity index (χ1v) is 7.12. The minimum Gasteiger partial charge on any atom is -0.496 e. The summed E-state index contributed by atoms with van der Waals surface area (Å²) in [5.74, 6) is 1.08. The second-order valence-corrected chi connectivity index (χ2v) is 5.91. The average molecular weight is 245 g/mol. The number of nitrogens with two attached hydrogens (primary N) is 1. The maximum Gasteiger partial charge on any atom is 0.123 e. The first-order valence-electron chi connectivity index (χ1n) is 7.12. The first-order chi connectivity index (χ1) is 8.72. The van der Waals surface area contributed by atoms with E-state index < -0.39 is 0 Å². The molecule has 0 saturated heterocycles. The topological polar surface area (TPSA) is 35.2 Å². The van der Waals surface area contributed by atoms with Crippen LogP contribution in [-0.4, -0.2) is 13.7 Å². The Labute approximate surface area is 110 Å². The van der Waals surface area contributed by atoms with Crippen molar-refractivity contribution in [1.82, 2.24) is 0 Å². The zero-order valence-electron chi connectivity index (χ0n) is 11.5. The fraction of sp³-hybridized carbons (Fsp3) is 0.625. The van der Waals surface area contributed by atoms with Crippen LogP contribution < -0.4 is 10.5 Å². The van der Waals surface area contributed by atoms with Crippen molar-refractivity contribution in [1.29, 1.82) is 0 Å². The summed E-state index contributed by atoms with van der Waals surface area (Å²) in [5.41, 5.74) is 12.2. The maximum atomic E-state index is 6.01. The molecule has 3 rings (SSSR count). The molecule has 0 unspecified atom stereocenters. The average Bonchev–Trinajstić information content (AvgIpc) is 3.19. The summed E-state index contributed by atoms with van der Waals surface area (Å²) in [6.07, 6.45) is 7.53. The van der Waals surface area contributed by atoms with Gasteiger partial charge in [0.2, 0.25) is 0 Å². The zero-order chi connectivity index (χ0) is 12.8. The summed E-state index contributed by atoms with van der Waals surface area (Å²) < 4.78 is 5.66. The van der Waals surface area contributed by atoms with Gasteiger partial charge in [-0.05, 0) is 68.2 Å². The predicted octanol–water partition coefficient (Wildman–Crippen LogP) is 2.87. The monoisotopic (exact) mass is 245 g/mol. The second kappa shape index (κ2) is 4.27. The van der Waals surface area contributed by atoms with Gasteiger partial charge in [0, 0.05) is 17.5 Å². The van der Waals surface area contributed by atoms with Crippen LogP contribution in [0.25, 0.3) is 0 Å². The van der Waals surface area contributed by atoms with Crippen molar-refractivity contribution in [3.05, 3.63) is 28.3 Å². The predicted molar refractivity (Wildman–Crippen MR) is 74.3 cm³/mol. The number of hydrogen-bond acceptors (Lipinski definition) is 2. The molecule has 1 aromatic rings. The number of methoxy groups -OCH3 is 1. The van der Waals surface area contributed by atoms with Crippen molar-refractivity contribution in [2.75, 3.05) is 13.7 Å². The van der Waals surface area contributed by atoms with Crippen molar-refractivity contribution >= 4 is 0 Å². The van der Waals surface area contributed by atoms with E-state index in [0.717, 1.165) is 12.3 Å². The molecule has 0 atom stereocenters. The van der Waals surface area contributed by atoms with Gasteiger partial charge in [0.15, 0.2) is 0 Å². The van der Waals surface area contributed by atoms with Crippen molar-refractivity contribution in [3.8, 4) is 5.75 Å². The molecular formula is C16H23NO. The number of rotatable bonds is 3. The highest BCUT2D eigenvalue weighted by molar-refractivity contribution is 5.55. The third-order valence-corrected chi connectivity index (χ3v) is 4.88. The van der Waals surface area contributed by atoms with Crippen LogP contribution in [0.3, 0.4) is 0 Å². The molecule has 0 amide bonds. The van der Waals surface area contributed by atoms with Crippen LogP contribution in [0, 0.1) is 6.92 Å². The fourth-order valence-corrected chi connectivity index (χ4v) is 3.61. The Morgan fingerprint density at radius 3 is 2.61 bits per heavy atom. The molecule has 2 N–H and O–H groups in total. The highest BCUT2D eigenvalue weighted by atomic mass is 16.5. The molecule has 2 aliphatic rings. The first kappa shape index (κ1) is 12.0. The van der Waals surface area contributed by atoms with E-state index in [-0.39, 0.29) is 5.41 Å². The van der Waals surface area contributed by atoms with Crippen LogP contribution in [0.4, 0.5) is 0 Å². The van der Waals surface area contributed by atoms with E-state index in [9.17, 15) is 0 Å². The van der Waals surface area contributed by atoms with Gasteiger partial charge in [-0.15, -0.1) is 0 Å². The van der Waals surface area contributed by atoms with Crippen LogP contribution in [-0.2, 0) is 18.3 Å². The van der Waals surface area contributed by atoms with E-state index in [1.54, 1.807) is 12.7 Å². The molecule has 1 fully saturated rings. The van der Waals surface area contributed by atoms with Crippen molar-refractivity contribution in [3.63, 3.8) is 0 Å². The van der Waals surface area contributed by atoms with Gasteiger partial charge < -0.3 is 10.5 Å². The van der Waals surface area contributed by atoms with E-state index in [1.165, 1.54) is 55.2 Å². The molecular weight excluding hydrogens is 222 g/mol. The van der Waals surface area contributed by atoms with Gasteiger partial charge in [-0.25, -0.2) is 0 Å². The highest BCUT2D eigenvalue weighted by Gasteiger charge is 2.46. The van der Waals surface area contributed by atoms with Crippen molar-refractivity contribution < 1.29 is 4.74 Å². The Morgan fingerprint density at radius 2 is 2.00 bits per heavy atom. The van der Waals surface area contributed by atoms with Crippen molar-refractivity contribution in [2.24, 2.45) is 5.73 Å². The van der Waals surface area contributed by atoms with Gasteiger partial charge in [0.05, 0.1) is 7.11 Å². The summed E-state index contributed by atoms with van der Waals surface area (Å²) in [4.78, 5) is 0. The standard InChI is InChI=1S/C16H23NO/c1-11-13-6-4-3-5-12(13)9-14(18-2)15(11)16(10-17)7-8-16/h9H,3-8,10,17H2,1-2H3. The highest BCUT2D eigenvalue weighted by Crippen LogP contribution is 2.53. The molecule has 0 aromatic heterocycles. The van der Waals surface area contributed by atoms with Crippen LogP contribution in [0.5, 0.6) is 5.75 Å². The molecule has 1 saturated carbocycles. The maximum absolute atomic E-state index is 6.01. The summed E-state index contributed by atoms with van der Waals surface area (Å²) in [7, 11) is 1.79. The van der Waals surface area contributed by atoms with Gasteiger partial charge in [-0.3, -0.25) is 0 Å². The van der Waals surface area contributed by atoms with Crippen LogP contribution in [0.1, 0.15) is 47.9 Å². The molecule has 0 radical (unpaired) electrons. The number of aryl methyl sites for hydroxylation is 1. The van der Waals surface area contributed by atoms with E-state index in [0.29, 0.717) is 0 Å². The largest absolute Gasteiger partial charge is 0.496 e. The third-order valence-electron chi connectivity index (χ3n) is 4.88. The van der Waals surface area contributed by atoms with Gasteiger partial charge in [0.25, 0.3) is 0 Å². The van der Waals surface area contributed by atoms with Gasteiger partial charge >= 0.3 is 0 Å². The molecule has 0 aliphatic heterocycles. The Kier molecular flexibility index (Phi) is 2.86. The molecule has 98 valence electrons. The van der Waals surface area contributed by atoms with Crippen LogP contribution in [0.2, 0.25) is 0 Å². The van der Waals surface area contributed by atoms with E-state index >= 15 is 0 Å². The zero-order valence-corrected chi connectivity index (χ0v) is 11.5. The number of hydrogen-bond donors (Lipinski definition) is 1. The molecule has 0 spiro atoms. The second-order valence-electron chi connectivity index (χ2n) is 5.91. The third kappa shape index (κ3) is 1.66. The Morgan fingerprint density at radius 1 is 1.28 bits per heavy atom. The van der Waals surface area contributed by atoms with Gasteiger partial charge in [0.1, 0.15) is 5.75 Å². The number of ether oxygens (including phenoxy) is 1. The lowest BCUT2D eigenvalue weighted by Crippen LogP contribution is -2.23. The van der Waals surface area contributed by atoms with Gasteiger partial charge in [-0.1, -0.05) is 0 Å². The quantitative estimate of drug-likeness (QED) is 0.888. The fourth-order valence-electron chi connectivity index (χ4n) is 3.61. The lowest BCUT2D eigenvalue weighted by Gasteiger charge is -2.26. The van der Waals surface area contributed by atoms with E-state index in [4.69, 9.17) is 10.5 Å². The normalized spacial score (nSPS) is 20.4. The van der Waals surface area contributed by atoms with Crippen LogP contribution in [0.15, 0.2) is 6.07 Å². The molecule has 2 heteroatoms. The minimum absolute atomic E-state index is 0.224. The molecule has 18 heavy (non-hydrogen) atoms. The Hall–Kier alpha value is -1.02. The summed E-state index contributed by atoms with van der Waals surface area (Å²) in [6.45, 7) is 3.03. The molecule has 2 aliphatic carbocycles. The summed E-state index contributed by atoms with van der Waals surface area (Å²) in [6, 6.07) is 2.28. The number of fused-ring (bicyclic) bond motifs is 1. The lowest BCUT2D eigenvalue weighted by atomic mass is 9.81. The smallest absolute Gasteiger partial charge is 0.123 e. The molecule has 0 heterocycles. The van der Waals surface area contributed by atoms with Crippen LogP contribution >= 0.6 is 0 Å². The van der Waals surface area contributed by atoms with E-state index in [2.05, 4.69) is 13.0 Å². The number of benzene rings is 1. The molecule has 2 nitrogen and oxygen atoms in total. The minimum atomic E-state index is 0.224. The van der Waals surface area contributed by atoms with E-state index in [1.807, 2.05) is 0 Å². The molecule has 1 aromatic carbocycles. The van der Waals surface area contributed by atoms with Gasteiger partial charge in [-0.2, -0.15) is 0 Å². The lowest BCUT2D eigenvalue weighted by molar-refractivity contribution is 0.402. The Bertz CT molecular complexity index is 474. The Balaban J connectivity index is 2.17. The summed E-state index contributed by atoms with van der Waals surface area (Å²) >= 11 is 0. The van der Waals surface area contributed by atoms with Crippen molar-refractivity contribution in [2.45, 2.75) is 50.9 Å². The molecule has 0 bridgehead atoms. The summed E-state index contributed by atoms with van der Waals surface area (Å²) in [5, 5.41) is 0.